The third-order valence-electron chi connectivity index (χ3n) is 1.89. The van der Waals surface area contributed by atoms with Crippen molar-refractivity contribution < 1.29 is 4.74 Å². The smallest absolute Gasteiger partial charge is 0.119 e. The Hall–Kier alpha value is -0.980. The molecule has 0 bridgehead atoms. The second-order valence-corrected chi connectivity index (χ2v) is 3.71. The molecule has 0 spiro atoms. The fourth-order valence-electron chi connectivity index (χ4n) is 1.12. The summed E-state index contributed by atoms with van der Waals surface area (Å²) in [6.07, 6.45) is 1.07. The van der Waals surface area contributed by atoms with Gasteiger partial charge in [-0.1, -0.05) is 32.9 Å². The van der Waals surface area contributed by atoms with E-state index in [0.29, 0.717) is 5.92 Å². The van der Waals surface area contributed by atoms with Gasteiger partial charge in [0.2, 0.25) is 0 Å². The monoisotopic (exact) mass is 178 g/mol. The van der Waals surface area contributed by atoms with Gasteiger partial charge in [-0.2, -0.15) is 0 Å². The zero-order chi connectivity index (χ0) is 9.68. The summed E-state index contributed by atoms with van der Waals surface area (Å²) < 4.78 is 5.61. The highest BCUT2D eigenvalue weighted by Crippen LogP contribution is 2.14. The molecule has 0 amide bonds. The molecule has 0 aliphatic heterocycles. The summed E-state index contributed by atoms with van der Waals surface area (Å²) in [5.74, 6) is 1.58. The first kappa shape index (κ1) is 10.1. The molecule has 0 saturated heterocycles. The summed E-state index contributed by atoms with van der Waals surface area (Å²) >= 11 is 0. The second kappa shape index (κ2) is 4.90. The van der Waals surface area contributed by atoms with Crippen molar-refractivity contribution in [1.29, 1.82) is 0 Å². The second-order valence-electron chi connectivity index (χ2n) is 3.71. The van der Waals surface area contributed by atoms with Gasteiger partial charge in [0.05, 0.1) is 6.61 Å². The molecular formula is C12H18O. The maximum absolute atomic E-state index is 5.61. The predicted octanol–water partition coefficient (Wildman–Crippen LogP) is 3.28. The summed E-state index contributed by atoms with van der Waals surface area (Å²) in [7, 11) is 0. The van der Waals surface area contributed by atoms with Crippen LogP contribution < -0.4 is 4.74 Å². The lowest BCUT2D eigenvalue weighted by Gasteiger charge is -2.09. The summed E-state index contributed by atoms with van der Waals surface area (Å²) in [6.45, 7) is 7.27. The van der Waals surface area contributed by atoms with Crippen LogP contribution in [-0.4, -0.2) is 6.61 Å². The third kappa shape index (κ3) is 3.49. The maximum Gasteiger partial charge on any atom is 0.119 e. The molecule has 1 aromatic carbocycles. The van der Waals surface area contributed by atoms with E-state index in [1.54, 1.807) is 0 Å². The Kier molecular flexibility index (Phi) is 3.81. The first-order valence-electron chi connectivity index (χ1n) is 4.94. The average molecular weight is 178 g/mol. The molecule has 0 aliphatic rings. The van der Waals surface area contributed by atoms with E-state index in [1.807, 2.05) is 6.07 Å². The van der Waals surface area contributed by atoms with Gasteiger partial charge in [0.25, 0.3) is 0 Å². The zero-order valence-corrected chi connectivity index (χ0v) is 8.71. The van der Waals surface area contributed by atoms with Crippen LogP contribution in [0.1, 0.15) is 26.3 Å². The fourth-order valence-corrected chi connectivity index (χ4v) is 1.12. The number of hydrogen-bond acceptors (Lipinski definition) is 1. The normalized spacial score (nSPS) is 10.5. The number of aryl methyl sites for hydroxylation is 1. The molecule has 1 aromatic rings. The molecule has 0 atom stereocenters. The largest absolute Gasteiger partial charge is 0.493 e. The Bertz CT molecular complexity index is 253. The molecule has 1 nitrogen and oxygen atoms in total. The van der Waals surface area contributed by atoms with E-state index in [0.717, 1.165) is 18.8 Å². The molecular weight excluding hydrogens is 160 g/mol. The van der Waals surface area contributed by atoms with Gasteiger partial charge in [-0.15, -0.1) is 0 Å². The molecule has 1 heteroatoms. The highest BCUT2D eigenvalue weighted by Gasteiger charge is 1.97. The van der Waals surface area contributed by atoms with Crippen LogP contribution in [0.25, 0.3) is 0 Å². The molecule has 0 heterocycles. The average Bonchev–Trinajstić information content (AvgIpc) is 2.15. The van der Waals surface area contributed by atoms with Crippen LogP contribution in [0.3, 0.4) is 0 Å². The Morgan fingerprint density at radius 3 is 2.69 bits per heavy atom. The molecule has 0 saturated carbocycles. The molecule has 0 fully saturated rings. The minimum Gasteiger partial charge on any atom is -0.493 e. The van der Waals surface area contributed by atoms with E-state index in [9.17, 15) is 0 Å². The standard InChI is InChI=1S/C12H18O/c1-4-11-6-5-7-12(8-11)13-9-10(2)3/h5-8,10H,4,9H2,1-3H3. The van der Waals surface area contributed by atoms with E-state index in [2.05, 4.69) is 39.0 Å². The summed E-state index contributed by atoms with van der Waals surface area (Å²) in [4.78, 5) is 0. The highest BCUT2D eigenvalue weighted by molar-refractivity contribution is 5.28. The van der Waals surface area contributed by atoms with E-state index in [4.69, 9.17) is 4.74 Å². The summed E-state index contributed by atoms with van der Waals surface area (Å²) in [5.41, 5.74) is 1.33. The van der Waals surface area contributed by atoms with Crippen LogP contribution in [0.4, 0.5) is 0 Å². The lowest BCUT2D eigenvalue weighted by atomic mass is 10.2. The summed E-state index contributed by atoms with van der Waals surface area (Å²) in [5, 5.41) is 0. The van der Waals surface area contributed by atoms with Gasteiger partial charge < -0.3 is 4.74 Å². The van der Waals surface area contributed by atoms with Crippen LogP contribution in [0.2, 0.25) is 0 Å². The minimum absolute atomic E-state index is 0.588. The van der Waals surface area contributed by atoms with Crippen molar-refractivity contribution in [3.63, 3.8) is 0 Å². The van der Waals surface area contributed by atoms with E-state index in [1.165, 1.54) is 5.56 Å². The van der Waals surface area contributed by atoms with Crippen molar-refractivity contribution >= 4 is 0 Å². The fraction of sp³-hybridized carbons (Fsp3) is 0.500. The highest BCUT2D eigenvalue weighted by atomic mass is 16.5. The van der Waals surface area contributed by atoms with Gasteiger partial charge in [0.15, 0.2) is 0 Å². The Morgan fingerprint density at radius 2 is 2.08 bits per heavy atom. The predicted molar refractivity (Wildman–Crippen MR) is 56.2 cm³/mol. The van der Waals surface area contributed by atoms with Gasteiger partial charge >= 0.3 is 0 Å². The van der Waals surface area contributed by atoms with Crippen molar-refractivity contribution in [2.75, 3.05) is 6.61 Å². The number of ether oxygens (including phenoxy) is 1. The van der Waals surface area contributed by atoms with Gasteiger partial charge in [-0.25, -0.2) is 0 Å². The van der Waals surface area contributed by atoms with Crippen LogP contribution >= 0.6 is 0 Å². The topological polar surface area (TPSA) is 9.23 Å². The molecule has 0 N–H and O–H groups in total. The minimum atomic E-state index is 0.588. The van der Waals surface area contributed by atoms with Crippen molar-refractivity contribution in [2.24, 2.45) is 5.92 Å². The number of hydrogen-bond donors (Lipinski definition) is 0. The molecule has 0 unspecified atom stereocenters. The molecule has 1 rings (SSSR count). The Morgan fingerprint density at radius 1 is 1.31 bits per heavy atom. The van der Waals surface area contributed by atoms with Crippen molar-refractivity contribution in [1.82, 2.24) is 0 Å². The molecule has 0 aromatic heterocycles. The molecule has 0 radical (unpaired) electrons. The van der Waals surface area contributed by atoms with Crippen LogP contribution in [0.15, 0.2) is 24.3 Å². The quantitative estimate of drug-likeness (QED) is 0.687. The first-order valence-corrected chi connectivity index (χ1v) is 4.94. The van der Waals surface area contributed by atoms with Crippen molar-refractivity contribution in [3.8, 4) is 5.75 Å². The van der Waals surface area contributed by atoms with E-state index >= 15 is 0 Å². The number of rotatable bonds is 4. The van der Waals surface area contributed by atoms with Gasteiger partial charge in [-0.3, -0.25) is 0 Å². The van der Waals surface area contributed by atoms with Gasteiger partial charge in [0.1, 0.15) is 5.75 Å². The van der Waals surface area contributed by atoms with Crippen LogP contribution in [0, 0.1) is 5.92 Å². The zero-order valence-electron chi connectivity index (χ0n) is 8.71. The van der Waals surface area contributed by atoms with Crippen LogP contribution in [0.5, 0.6) is 5.75 Å². The molecule has 0 aliphatic carbocycles. The first-order chi connectivity index (χ1) is 6.22. The van der Waals surface area contributed by atoms with Crippen LogP contribution in [-0.2, 0) is 6.42 Å². The molecule has 13 heavy (non-hydrogen) atoms. The molecule has 72 valence electrons. The van der Waals surface area contributed by atoms with Crippen molar-refractivity contribution in [2.45, 2.75) is 27.2 Å². The number of benzene rings is 1. The van der Waals surface area contributed by atoms with E-state index in [-0.39, 0.29) is 0 Å². The van der Waals surface area contributed by atoms with Gasteiger partial charge in [0, 0.05) is 0 Å². The van der Waals surface area contributed by atoms with Crippen molar-refractivity contribution in [3.05, 3.63) is 29.8 Å². The Labute approximate surface area is 80.7 Å². The third-order valence-corrected chi connectivity index (χ3v) is 1.89. The maximum atomic E-state index is 5.61. The van der Waals surface area contributed by atoms with Gasteiger partial charge in [-0.05, 0) is 30.0 Å². The van der Waals surface area contributed by atoms with E-state index < -0.39 is 0 Å². The Balaban J connectivity index is 2.56. The summed E-state index contributed by atoms with van der Waals surface area (Å²) in [6, 6.07) is 8.31. The SMILES string of the molecule is CCc1cccc(OCC(C)C)c1. The lowest BCUT2D eigenvalue weighted by Crippen LogP contribution is -2.04. The lowest BCUT2D eigenvalue weighted by molar-refractivity contribution is 0.271.